The molecule has 0 radical (unpaired) electrons. The van der Waals surface area contributed by atoms with Crippen LogP contribution < -0.4 is 9.75 Å². The molecule has 5 heteroatoms. The second-order valence-electron chi connectivity index (χ2n) is 14.0. The molecule has 222 valence electrons. The van der Waals surface area contributed by atoms with Crippen LogP contribution in [0.1, 0.15) is 71.7 Å². The summed E-state index contributed by atoms with van der Waals surface area (Å²) in [6, 6.07) is 18.0. The number of fused-ring (bicyclic) bond motifs is 11. The number of allylic oxidation sites excluding steroid dienone is 2. The Kier molecular flexibility index (Phi) is 6.67. The van der Waals surface area contributed by atoms with Gasteiger partial charge in [0.05, 0.1) is 19.7 Å². The van der Waals surface area contributed by atoms with E-state index in [0.29, 0.717) is 11.6 Å². The molecule has 2 aliphatic rings. The first kappa shape index (κ1) is 28.7. The summed E-state index contributed by atoms with van der Waals surface area (Å²) in [6.45, 7) is 25.1. The van der Waals surface area contributed by atoms with Gasteiger partial charge >= 0.3 is 0 Å². The van der Waals surface area contributed by atoms with Gasteiger partial charge in [-0.2, -0.15) is 4.57 Å². The van der Waals surface area contributed by atoms with Gasteiger partial charge in [0.15, 0.2) is 6.20 Å². The van der Waals surface area contributed by atoms with Crippen LogP contribution in [0.2, 0.25) is 19.6 Å². The van der Waals surface area contributed by atoms with E-state index in [-0.39, 0.29) is 12.0 Å². The zero-order valence-corrected chi connectivity index (χ0v) is 28.1. The van der Waals surface area contributed by atoms with Gasteiger partial charge < -0.3 is 4.42 Å². The van der Waals surface area contributed by atoms with E-state index < -0.39 is 8.07 Å². The van der Waals surface area contributed by atoms with E-state index in [0.717, 1.165) is 51.9 Å². The molecule has 0 amide bonds. The predicted octanol–water partition coefficient (Wildman–Crippen LogP) is 8.99. The zero-order chi connectivity index (χ0) is 31.1. The summed E-state index contributed by atoms with van der Waals surface area (Å²) in [5, 5.41) is 3.66. The first-order valence-electron chi connectivity index (χ1n) is 15.9. The number of hydrogen-bond donors (Lipinski definition) is 0. The Labute approximate surface area is 261 Å². The average molecular weight is 597 g/mol. The van der Waals surface area contributed by atoms with Crippen molar-refractivity contribution in [2.75, 3.05) is 0 Å². The van der Waals surface area contributed by atoms with Gasteiger partial charge in [0.25, 0.3) is 0 Å². The lowest BCUT2D eigenvalue weighted by Crippen LogP contribution is -2.54. The fraction of sp³-hybridized carbons (Fsp3) is 0.308. The third-order valence-electron chi connectivity index (χ3n) is 9.70. The number of rotatable bonds is 3. The van der Waals surface area contributed by atoms with Crippen LogP contribution in [0, 0.1) is 13.8 Å². The van der Waals surface area contributed by atoms with Gasteiger partial charge in [0, 0.05) is 38.8 Å². The molecule has 0 aliphatic carbocycles. The van der Waals surface area contributed by atoms with Crippen LogP contribution in [-0.2, 0) is 6.42 Å². The highest BCUT2D eigenvalue weighted by Gasteiger charge is 2.44. The van der Waals surface area contributed by atoms with Crippen LogP contribution in [0.25, 0.3) is 33.3 Å². The highest BCUT2D eigenvalue weighted by Crippen LogP contribution is 2.46. The Hall–Kier alpha value is -4.09. The number of furan rings is 1. The Morgan fingerprint density at radius 2 is 1.84 bits per heavy atom. The molecule has 2 aromatic carbocycles. The summed E-state index contributed by atoms with van der Waals surface area (Å²) in [7, 11) is -1.65. The van der Waals surface area contributed by atoms with Crippen molar-refractivity contribution in [3.63, 3.8) is 0 Å². The number of benzene rings is 2. The second-order valence-corrected chi connectivity index (χ2v) is 19.1. The molecule has 0 bridgehead atoms. The maximum Gasteiger partial charge on any atom is 0.227 e. The van der Waals surface area contributed by atoms with Crippen molar-refractivity contribution >= 4 is 41.0 Å². The number of aromatic nitrogens is 2. The van der Waals surface area contributed by atoms with Crippen molar-refractivity contribution in [3.8, 4) is 11.3 Å². The Morgan fingerprint density at radius 1 is 1.07 bits per heavy atom. The maximum absolute atomic E-state index is 6.57. The second kappa shape index (κ2) is 10.2. The Bertz CT molecular complexity index is 2060. The Balaban J connectivity index is 1.51. The third kappa shape index (κ3) is 4.35. The highest BCUT2D eigenvalue weighted by atomic mass is 28.3. The summed E-state index contributed by atoms with van der Waals surface area (Å²) < 4.78 is 9.08. The van der Waals surface area contributed by atoms with E-state index in [1.54, 1.807) is 0 Å². The van der Waals surface area contributed by atoms with Gasteiger partial charge in [-0.3, -0.25) is 0 Å². The molecular formula is C39H42N3OSi+. The van der Waals surface area contributed by atoms with Crippen molar-refractivity contribution in [1.82, 2.24) is 4.98 Å². The van der Waals surface area contributed by atoms with Crippen molar-refractivity contribution < 1.29 is 8.98 Å². The molecule has 3 aromatic heterocycles. The lowest BCUT2D eigenvalue weighted by Gasteiger charge is -2.32. The van der Waals surface area contributed by atoms with Crippen LogP contribution in [0.15, 0.2) is 89.1 Å². The van der Waals surface area contributed by atoms with E-state index in [2.05, 4.69) is 106 Å². The van der Waals surface area contributed by atoms with Crippen LogP contribution in [0.5, 0.6) is 0 Å². The van der Waals surface area contributed by atoms with Crippen molar-refractivity contribution in [3.05, 3.63) is 113 Å². The van der Waals surface area contributed by atoms with Gasteiger partial charge in [-0.15, -0.1) is 0 Å². The van der Waals surface area contributed by atoms with E-state index in [4.69, 9.17) is 21.0 Å². The first-order valence-corrected chi connectivity index (χ1v) is 19.4. The summed E-state index contributed by atoms with van der Waals surface area (Å²) in [6.07, 6.45) is 6.21. The topological polar surface area (TPSA) is 42.3 Å². The first-order chi connectivity index (χ1) is 21.0. The summed E-state index contributed by atoms with van der Waals surface area (Å²) >= 11 is 0. The number of aliphatic imine (C=N–C) groups is 1. The number of aryl methyl sites for hydroxylation is 3. The molecule has 2 atom stereocenters. The molecule has 5 heterocycles. The SMILES string of the molecule is C=CC1=NC(=C)C2C(CCc3cc(C)c4c(oc5nc(C)ccc54)c31)c1ccccc1-c1cc(C(C)C)c([Si](C)(C)C)c[n+]12. The molecule has 0 fully saturated rings. The quantitative estimate of drug-likeness (QED) is 0.154. The minimum atomic E-state index is -1.65. The smallest absolute Gasteiger partial charge is 0.227 e. The van der Waals surface area contributed by atoms with E-state index in [1.807, 2.05) is 13.0 Å². The Morgan fingerprint density at radius 3 is 2.57 bits per heavy atom. The van der Waals surface area contributed by atoms with Gasteiger partial charge in [-0.05, 0) is 79.1 Å². The number of hydrogen-bond acceptors (Lipinski definition) is 3. The molecule has 0 saturated heterocycles. The van der Waals surface area contributed by atoms with Crippen molar-refractivity contribution in [1.29, 1.82) is 0 Å². The van der Waals surface area contributed by atoms with E-state index >= 15 is 0 Å². The van der Waals surface area contributed by atoms with Crippen molar-refractivity contribution in [2.45, 2.75) is 78.1 Å². The molecule has 5 aromatic rings. The van der Waals surface area contributed by atoms with E-state index in [9.17, 15) is 0 Å². The fourth-order valence-electron chi connectivity index (χ4n) is 7.66. The van der Waals surface area contributed by atoms with Crippen LogP contribution in [0.3, 0.4) is 0 Å². The minimum absolute atomic E-state index is 0.00273. The predicted molar refractivity (Wildman–Crippen MR) is 186 cm³/mol. The summed E-state index contributed by atoms with van der Waals surface area (Å²) in [5.74, 6) is 0.677. The molecule has 0 spiro atoms. The van der Waals surface area contributed by atoms with E-state index in [1.165, 1.54) is 38.7 Å². The molecule has 4 nitrogen and oxygen atoms in total. The molecule has 2 aliphatic heterocycles. The summed E-state index contributed by atoms with van der Waals surface area (Å²) in [5.41, 5.74) is 13.0. The monoisotopic (exact) mass is 596 g/mol. The van der Waals surface area contributed by atoms with Crippen molar-refractivity contribution in [2.24, 2.45) is 4.99 Å². The van der Waals surface area contributed by atoms with Gasteiger partial charge in [-0.1, -0.05) is 70.9 Å². The third-order valence-corrected chi connectivity index (χ3v) is 11.7. The van der Waals surface area contributed by atoms with Gasteiger partial charge in [0.2, 0.25) is 17.4 Å². The lowest BCUT2D eigenvalue weighted by atomic mass is 9.78. The molecule has 7 rings (SSSR count). The number of pyridine rings is 2. The summed E-state index contributed by atoms with van der Waals surface area (Å²) in [4.78, 5) is 10.1. The van der Waals surface area contributed by atoms with Crippen LogP contribution in [0.4, 0.5) is 0 Å². The average Bonchev–Trinajstić information content (AvgIpc) is 3.37. The molecule has 0 saturated carbocycles. The van der Waals surface area contributed by atoms with Gasteiger partial charge in [0.1, 0.15) is 11.3 Å². The van der Waals surface area contributed by atoms with Gasteiger partial charge in [-0.25, -0.2) is 9.98 Å². The normalized spacial score (nSPS) is 18.2. The maximum atomic E-state index is 6.57. The number of nitrogens with zero attached hydrogens (tertiary/aromatic N) is 3. The zero-order valence-electron chi connectivity index (χ0n) is 27.1. The molecule has 2 unspecified atom stereocenters. The minimum Gasteiger partial charge on any atom is -0.437 e. The molecule has 0 N–H and O–H groups in total. The standard InChI is InChI=1S/C39H42N3OSi/c1-10-32-36-26(19-23(4)35-30-17-15-24(5)40-39(30)43-38(35)36)16-18-29-27-13-11-12-14-28(27)33-20-31(22(2)3)34(44(7,8)9)21-42(33)37(29)25(6)41-32/h10-15,17,19-22,29,37H,1,6,16,18H2,2-5,7-9H3/q+1. The molecule has 44 heavy (non-hydrogen) atoms. The largest absolute Gasteiger partial charge is 0.437 e. The van der Waals surface area contributed by atoms with Crippen LogP contribution >= 0.6 is 0 Å². The molecular weight excluding hydrogens is 555 g/mol. The lowest BCUT2D eigenvalue weighted by molar-refractivity contribution is -0.708. The van der Waals surface area contributed by atoms with Crippen LogP contribution in [-0.4, -0.2) is 18.8 Å². The fourth-order valence-corrected chi connectivity index (χ4v) is 9.41. The highest BCUT2D eigenvalue weighted by molar-refractivity contribution is 6.89.